The minimum Gasteiger partial charge on any atom is -0.497 e. The van der Waals surface area contributed by atoms with Gasteiger partial charge in [-0.3, -0.25) is 13.9 Å². The highest BCUT2D eigenvalue weighted by molar-refractivity contribution is 6.05. The third kappa shape index (κ3) is 3.05. The van der Waals surface area contributed by atoms with Crippen LogP contribution < -0.4 is 15.0 Å². The zero-order valence-corrected chi connectivity index (χ0v) is 18.5. The van der Waals surface area contributed by atoms with Crippen LogP contribution in [0.2, 0.25) is 0 Å². The summed E-state index contributed by atoms with van der Waals surface area (Å²) in [6.45, 7) is 0. The first kappa shape index (κ1) is 19.7. The summed E-state index contributed by atoms with van der Waals surface area (Å²) >= 11 is 0. The number of hydrogen-bond acceptors (Lipinski definition) is 6. The van der Waals surface area contributed by atoms with Gasteiger partial charge in [0.2, 0.25) is 0 Å². The molecule has 5 aromatic rings. The Morgan fingerprint density at radius 1 is 0.909 bits per heavy atom. The van der Waals surface area contributed by atoms with Gasteiger partial charge in [-0.1, -0.05) is 25.0 Å². The Labute approximate surface area is 189 Å². The first-order chi connectivity index (χ1) is 16.2. The maximum absolute atomic E-state index is 13.7. The second-order valence-electron chi connectivity index (χ2n) is 8.38. The molecule has 0 bridgehead atoms. The van der Waals surface area contributed by atoms with Crippen LogP contribution in [0.3, 0.4) is 0 Å². The fraction of sp³-hybridized carbons (Fsp3) is 0.280. The molecule has 1 aliphatic carbocycles. The van der Waals surface area contributed by atoms with E-state index in [1.54, 1.807) is 31.2 Å². The molecule has 2 aromatic carbocycles. The average molecular weight is 441 g/mol. The van der Waals surface area contributed by atoms with Crippen molar-refractivity contribution in [2.45, 2.75) is 31.7 Å². The lowest BCUT2D eigenvalue weighted by Crippen LogP contribution is -2.23. The lowest BCUT2D eigenvalue weighted by molar-refractivity contribution is 0.394. The van der Waals surface area contributed by atoms with E-state index in [0.717, 1.165) is 42.4 Å². The fourth-order valence-corrected chi connectivity index (χ4v) is 4.86. The minimum absolute atomic E-state index is 0.0740. The topological polar surface area (TPSA) is 84.1 Å². The van der Waals surface area contributed by atoms with Crippen LogP contribution >= 0.6 is 0 Å². The van der Waals surface area contributed by atoms with Crippen LogP contribution in [0.25, 0.3) is 38.9 Å². The van der Waals surface area contributed by atoms with E-state index in [9.17, 15) is 4.79 Å². The van der Waals surface area contributed by atoms with Crippen molar-refractivity contribution < 1.29 is 9.47 Å². The molecule has 6 rings (SSSR count). The predicted octanol–water partition coefficient (Wildman–Crippen LogP) is 4.42. The van der Waals surface area contributed by atoms with Crippen molar-refractivity contribution in [3.05, 3.63) is 59.1 Å². The van der Waals surface area contributed by atoms with E-state index in [2.05, 4.69) is 0 Å². The summed E-state index contributed by atoms with van der Waals surface area (Å²) in [6, 6.07) is 13.4. The molecule has 0 aliphatic heterocycles. The largest absolute Gasteiger partial charge is 0.497 e. The minimum atomic E-state index is -0.0740. The van der Waals surface area contributed by atoms with Crippen molar-refractivity contribution in [1.82, 2.24) is 24.1 Å². The van der Waals surface area contributed by atoms with Gasteiger partial charge in [0.1, 0.15) is 28.7 Å². The Hall–Kier alpha value is -3.94. The van der Waals surface area contributed by atoms with E-state index in [1.807, 2.05) is 41.0 Å². The summed E-state index contributed by atoms with van der Waals surface area (Å²) < 4.78 is 14.6. The molecule has 166 valence electrons. The van der Waals surface area contributed by atoms with E-state index in [4.69, 9.17) is 24.4 Å². The van der Waals surface area contributed by atoms with Crippen molar-refractivity contribution >= 4 is 33.2 Å². The fourth-order valence-electron chi connectivity index (χ4n) is 4.86. The number of ether oxygens (including phenoxy) is 2. The normalized spacial score (nSPS) is 14.5. The number of para-hydroxylation sites is 2. The van der Waals surface area contributed by atoms with Crippen LogP contribution in [0.15, 0.2) is 53.6 Å². The van der Waals surface area contributed by atoms with Crippen molar-refractivity contribution in [3.8, 4) is 17.2 Å². The number of benzene rings is 2. The van der Waals surface area contributed by atoms with Crippen LogP contribution in [0.4, 0.5) is 0 Å². The SMILES string of the molecule is COc1cc(OC)cc(-n2c3nc4ccccc4nc3c3c(=O)n(C4CCCC4)cnc32)c1. The molecule has 0 spiro atoms. The molecule has 0 saturated heterocycles. The predicted molar refractivity (Wildman–Crippen MR) is 127 cm³/mol. The first-order valence-corrected chi connectivity index (χ1v) is 11.1. The van der Waals surface area contributed by atoms with Crippen LogP contribution in [0.5, 0.6) is 11.5 Å². The van der Waals surface area contributed by atoms with E-state index in [1.165, 1.54) is 0 Å². The Morgan fingerprint density at radius 2 is 1.58 bits per heavy atom. The molecule has 1 aliphatic rings. The van der Waals surface area contributed by atoms with E-state index in [-0.39, 0.29) is 11.6 Å². The second kappa shape index (κ2) is 7.58. The second-order valence-corrected chi connectivity index (χ2v) is 8.38. The maximum atomic E-state index is 13.7. The van der Waals surface area contributed by atoms with Crippen LogP contribution in [0.1, 0.15) is 31.7 Å². The summed E-state index contributed by atoms with van der Waals surface area (Å²) in [5.41, 5.74) is 3.80. The highest BCUT2D eigenvalue weighted by atomic mass is 16.5. The smallest absolute Gasteiger partial charge is 0.265 e. The molecule has 33 heavy (non-hydrogen) atoms. The van der Waals surface area contributed by atoms with Gasteiger partial charge < -0.3 is 9.47 Å². The van der Waals surface area contributed by atoms with Gasteiger partial charge in [0.15, 0.2) is 11.3 Å². The number of aromatic nitrogens is 5. The molecule has 3 aromatic heterocycles. The Balaban J connectivity index is 1.75. The van der Waals surface area contributed by atoms with Gasteiger partial charge in [0.25, 0.3) is 5.56 Å². The number of fused-ring (bicyclic) bond motifs is 4. The maximum Gasteiger partial charge on any atom is 0.265 e. The molecule has 3 heterocycles. The van der Waals surface area contributed by atoms with Crippen LogP contribution in [-0.2, 0) is 0 Å². The van der Waals surface area contributed by atoms with Crippen molar-refractivity contribution in [1.29, 1.82) is 0 Å². The lowest BCUT2D eigenvalue weighted by Gasteiger charge is -2.13. The summed E-state index contributed by atoms with van der Waals surface area (Å²) in [4.78, 5) is 28.3. The van der Waals surface area contributed by atoms with Gasteiger partial charge in [-0.25, -0.2) is 15.0 Å². The molecule has 0 N–H and O–H groups in total. The Kier molecular flexibility index (Phi) is 4.53. The molecule has 8 heteroatoms. The van der Waals surface area contributed by atoms with Gasteiger partial charge in [-0.15, -0.1) is 0 Å². The molecule has 0 atom stereocenters. The Bertz CT molecular complexity index is 1560. The van der Waals surface area contributed by atoms with Crippen molar-refractivity contribution in [2.75, 3.05) is 14.2 Å². The highest BCUT2D eigenvalue weighted by Crippen LogP contribution is 2.33. The number of rotatable bonds is 4. The molecular formula is C25H23N5O3. The standard InChI is InChI=1S/C25H23N5O3/c1-32-17-11-16(12-18(13-17)33-2)30-23-21(25(31)29(14-26-23)15-7-3-4-8-15)22-24(30)28-20-10-6-5-9-19(20)27-22/h5-6,9-15H,3-4,7-8H2,1-2H3. The molecule has 1 saturated carbocycles. The number of hydrogen-bond donors (Lipinski definition) is 0. The zero-order chi connectivity index (χ0) is 22.5. The van der Waals surface area contributed by atoms with Crippen molar-refractivity contribution in [3.63, 3.8) is 0 Å². The third-order valence-electron chi connectivity index (χ3n) is 6.50. The van der Waals surface area contributed by atoms with Gasteiger partial charge >= 0.3 is 0 Å². The summed E-state index contributed by atoms with van der Waals surface area (Å²) in [7, 11) is 3.21. The van der Waals surface area contributed by atoms with E-state index >= 15 is 0 Å². The quantitative estimate of drug-likeness (QED) is 0.411. The van der Waals surface area contributed by atoms with Crippen LogP contribution in [0, 0.1) is 0 Å². The number of methoxy groups -OCH3 is 2. The first-order valence-electron chi connectivity index (χ1n) is 11.1. The Morgan fingerprint density at radius 3 is 2.24 bits per heavy atom. The summed E-state index contributed by atoms with van der Waals surface area (Å²) in [6.07, 6.45) is 5.92. The van der Waals surface area contributed by atoms with Gasteiger partial charge in [-0.2, -0.15) is 0 Å². The van der Waals surface area contributed by atoms with Gasteiger partial charge in [0, 0.05) is 24.2 Å². The summed E-state index contributed by atoms with van der Waals surface area (Å²) in [5.74, 6) is 1.26. The molecule has 0 unspecified atom stereocenters. The number of nitrogens with zero attached hydrogens (tertiary/aromatic N) is 5. The third-order valence-corrected chi connectivity index (χ3v) is 6.50. The highest BCUT2D eigenvalue weighted by Gasteiger charge is 2.25. The molecule has 1 fully saturated rings. The lowest BCUT2D eigenvalue weighted by atomic mass is 10.2. The molecule has 8 nitrogen and oxygen atoms in total. The average Bonchev–Trinajstić information content (AvgIpc) is 3.49. The molecule has 0 radical (unpaired) electrons. The van der Waals surface area contributed by atoms with E-state index < -0.39 is 0 Å². The monoisotopic (exact) mass is 441 g/mol. The molecule has 0 amide bonds. The van der Waals surface area contributed by atoms with Gasteiger partial charge in [-0.05, 0) is 25.0 Å². The molecular weight excluding hydrogens is 418 g/mol. The zero-order valence-electron chi connectivity index (χ0n) is 18.5. The van der Waals surface area contributed by atoms with Crippen LogP contribution in [-0.4, -0.2) is 38.3 Å². The van der Waals surface area contributed by atoms with Gasteiger partial charge in [0.05, 0.1) is 30.9 Å². The van der Waals surface area contributed by atoms with E-state index in [0.29, 0.717) is 33.7 Å². The summed E-state index contributed by atoms with van der Waals surface area (Å²) in [5, 5.41) is 0.486. The van der Waals surface area contributed by atoms with Crippen molar-refractivity contribution in [2.24, 2.45) is 0 Å².